The summed E-state index contributed by atoms with van der Waals surface area (Å²) in [6.07, 6.45) is -3.65. The zero-order valence-electron chi connectivity index (χ0n) is 15.3. The van der Waals surface area contributed by atoms with Gasteiger partial charge in [0.15, 0.2) is 6.29 Å². The van der Waals surface area contributed by atoms with Gasteiger partial charge in [-0.3, -0.25) is 0 Å². The molecular formula is C21H26O6. The number of aliphatic hydroxyl groups is 2. The highest BCUT2D eigenvalue weighted by molar-refractivity contribution is 5.14. The summed E-state index contributed by atoms with van der Waals surface area (Å²) in [4.78, 5) is 0. The molecule has 27 heavy (non-hydrogen) atoms. The van der Waals surface area contributed by atoms with Gasteiger partial charge in [0.05, 0.1) is 19.8 Å². The molecule has 0 saturated carbocycles. The molecule has 0 aliphatic carbocycles. The van der Waals surface area contributed by atoms with Gasteiger partial charge in [0.25, 0.3) is 0 Å². The second-order valence-electron chi connectivity index (χ2n) is 6.48. The minimum atomic E-state index is -1.09. The molecule has 2 aromatic rings. The van der Waals surface area contributed by atoms with E-state index < -0.39 is 37.3 Å². The molecule has 2 N–H and O–H groups in total. The van der Waals surface area contributed by atoms with E-state index in [9.17, 15) is 10.2 Å². The first-order valence-corrected chi connectivity index (χ1v) is 9.01. The Morgan fingerprint density at radius 2 is 1.41 bits per heavy atom. The zero-order chi connectivity index (χ0) is 19.1. The molecule has 1 saturated heterocycles. The minimum Gasteiger partial charge on any atom is -0.394 e. The van der Waals surface area contributed by atoms with E-state index in [1.807, 2.05) is 60.7 Å². The van der Waals surface area contributed by atoms with E-state index >= 15 is 0 Å². The van der Waals surface area contributed by atoms with Crippen LogP contribution in [0, 0.1) is 0 Å². The number of benzene rings is 2. The van der Waals surface area contributed by atoms with Crippen molar-refractivity contribution in [1.29, 1.82) is 0 Å². The molecule has 3 rings (SSSR count). The Hall–Kier alpha value is -1.80. The number of methoxy groups -OCH3 is 1. The van der Waals surface area contributed by atoms with Crippen LogP contribution in [-0.2, 0) is 32.2 Å². The smallest absolute Gasteiger partial charge is 0.186 e. The average Bonchev–Trinajstić information content (AvgIpc) is 3.09. The SMILES string of the molecule is CO[C@H]1O[C@H]([C@@H](O)CO)[C@@H](OCc2ccccc2)[C@@H]1OCc1ccccc1. The van der Waals surface area contributed by atoms with Gasteiger partial charge in [-0.15, -0.1) is 0 Å². The molecule has 0 aromatic heterocycles. The predicted octanol–water partition coefficient (Wildman–Crippen LogP) is 1.88. The first-order valence-electron chi connectivity index (χ1n) is 9.01. The van der Waals surface area contributed by atoms with E-state index in [2.05, 4.69) is 0 Å². The van der Waals surface area contributed by atoms with Crippen LogP contribution in [0.4, 0.5) is 0 Å². The lowest BCUT2D eigenvalue weighted by Crippen LogP contribution is -2.43. The van der Waals surface area contributed by atoms with E-state index in [0.29, 0.717) is 13.2 Å². The number of hydrogen-bond donors (Lipinski definition) is 2. The third kappa shape index (κ3) is 5.13. The molecule has 2 aromatic carbocycles. The fourth-order valence-corrected chi connectivity index (χ4v) is 3.15. The van der Waals surface area contributed by atoms with E-state index in [0.717, 1.165) is 11.1 Å². The Morgan fingerprint density at radius 3 is 1.89 bits per heavy atom. The molecule has 1 heterocycles. The number of rotatable bonds is 9. The quantitative estimate of drug-likeness (QED) is 0.698. The van der Waals surface area contributed by atoms with Gasteiger partial charge in [-0.25, -0.2) is 0 Å². The topological polar surface area (TPSA) is 77.4 Å². The highest BCUT2D eigenvalue weighted by atomic mass is 16.7. The number of ether oxygens (including phenoxy) is 4. The summed E-state index contributed by atoms with van der Waals surface area (Å²) in [7, 11) is 1.52. The summed E-state index contributed by atoms with van der Waals surface area (Å²) < 4.78 is 23.3. The fourth-order valence-electron chi connectivity index (χ4n) is 3.15. The van der Waals surface area contributed by atoms with E-state index in [1.54, 1.807) is 0 Å². The lowest BCUT2D eigenvalue weighted by molar-refractivity contribution is -0.177. The maximum Gasteiger partial charge on any atom is 0.186 e. The molecule has 146 valence electrons. The molecule has 0 unspecified atom stereocenters. The van der Waals surface area contributed by atoms with Crippen molar-refractivity contribution >= 4 is 0 Å². The molecule has 0 bridgehead atoms. The zero-order valence-corrected chi connectivity index (χ0v) is 15.3. The fraction of sp³-hybridized carbons (Fsp3) is 0.429. The molecule has 0 amide bonds. The van der Waals surface area contributed by atoms with Crippen molar-refractivity contribution in [2.75, 3.05) is 13.7 Å². The van der Waals surface area contributed by atoms with Crippen LogP contribution in [-0.4, -0.2) is 54.6 Å². The van der Waals surface area contributed by atoms with Crippen LogP contribution in [0.1, 0.15) is 11.1 Å². The van der Waals surface area contributed by atoms with Crippen LogP contribution in [0.15, 0.2) is 60.7 Å². The van der Waals surface area contributed by atoms with E-state index in [4.69, 9.17) is 18.9 Å². The van der Waals surface area contributed by atoms with Gasteiger partial charge in [-0.2, -0.15) is 0 Å². The van der Waals surface area contributed by atoms with Gasteiger partial charge >= 0.3 is 0 Å². The Kier molecular flexibility index (Phi) is 7.34. The van der Waals surface area contributed by atoms with Crippen molar-refractivity contribution < 1.29 is 29.2 Å². The third-order valence-electron chi connectivity index (χ3n) is 4.58. The van der Waals surface area contributed by atoms with Gasteiger partial charge in [0.2, 0.25) is 0 Å². The first kappa shape index (κ1) is 19.9. The molecule has 6 nitrogen and oxygen atoms in total. The number of hydrogen-bond acceptors (Lipinski definition) is 6. The maximum absolute atomic E-state index is 10.2. The van der Waals surface area contributed by atoms with E-state index in [-0.39, 0.29) is 0 Å². The molecule has 1 aliphatic heterocycles. The van der Waals surface area contributed by atoms with Gasteiger partial charge < -0.3 is 29.2 Å². The number of aliphatic hydroxyl groups excluding tert-OH is 2. The Balaban J connectivity index is 1.72. The van der Waals surface area contributed by atoms with Crippen molar-refractivity contribution in [3.8, 4) is 0 Å². The highest BCUT2D eigenvalue weighted by Crippen LogP contribution is 2.30. The summed E-state index contributed by atoms with van der Waals surface area (Å²) in [6, 6.07) is 19.5. The normalized spacial score (nSPS) is 26.2. The summed E-state index contributed by atoms with van der Waals surface area (Å²) in [5.41, 5.74) is 2.01. The lowest BCUT2D eigenvalue weighted by Gasteiger charge is -2.26. The lowest BCUT2D eigenvalue weighted by atomic mass is 10.1. The second kappa shape index (κ2) is 9.94. The minimum absolute atomic E-state index is 0.338. The van der Waals surface area contributed by atoms with Crippen LogP contribution < -0.4 is 0 Å². The maximum atomic E-state index is 10.2. The van der Waals surface area contributed by atoms with Crippen molar-refractivity contribution in [1.82, 2.24) is 0 Å². The van der Waals surface area contributed by atoms with Crippen molar-refractivity contribution in [2.45, 2.75) is 43.9 Å². The van der Waals surface area contributed by atoms with Crippen LogP contribution >= 0.6 is 0 Å². The molecular weight excluding hydrogens is 348 g/mol. The van der Waals surface area contributed by atoms with Crippen molar-refractivity contribution in [3.63, 3.8) is 0 Å². The van der Waals surface area contributed by atoms with Gasteiger partial charge in [0, 0.05) is 7.11 Å². The molecule has 1 fully saturated rings. The van der Waals surface area contributed by atoms with Gasteiger partial charge in [-0.05, 0) is 11.1 Å². The van der Waals surface area contributed by atoms with Crippen molar-refractivity contribution in [3.05, 3.63) is 71.8 Å². The average molecular weight is 374 g/mol. The molecule has 6 heteroatoms. The highest BCUT2D eigenvalue weighted by Gasteiger charge is 2.49. The second-order valence-corrected chi connectivity index (χ2v) is 6.48. The first-order chi connectivity index (χ1) is 13.2. The third-order valence-corrected chi connectivity index (χ3v) is 4.58. The van der Waals surface area contributed by atoms with Gasteiger partial charge in [-0.1, -0.05) is 60.7 Å². The summed E-state index contributed by atoms with van der Waals surface area (Å²) in [6.45, 7) is 0.269. The molecule has 0 spiro atoms. The Labute approximate surface area is 159 Å². The Morgan fingerprint density at radius 1 is 0.889 bits per heavy atom. The molecule has 1 aliphatic rings. The van der Waals surface area contributed by atoms with Crippen LogP contribution in [0.25, 0.3) is 0 Å². The predicted molar refractivity (Wildman–Crippen MR) is 98.8 cm³/mol. The Bertz CT molecular complexity index is 665. The van der Waals surface area contributed by atoms with Crippen LogP contribution in [0.2, 0.25) is 0 Å². The largest absolute Gasteiger partial charge is 0.394 e. The van der Waals surface area contributed by atoms with Crippen molar-refractivity contribution in [2.24, 2.45) is 0 Å². The summed E-state index contributed by atoms with van der Waals surface area (Å²) in [5, 5.41) is 19.6. The monoisotopic (exact) mass is 374 g/mol. The standard InChI is InChI=1S/C21H26O6/c1-24-21-20(26-14-16-10-6-3-7-11-16)19(18(27-21)17(23)12-22)25-13-15-8-4-2-5-9-15/h2-11,17-23H,12-14H2,1H3/t17-,18+,19+,20-,21-/m0/s1. The van der Waals surface area contributed by atoms with Crippen LogP contribution in [0.3, 0.4) is 0 Å². The van der Waals surface area contributed by atoms with Gasteiger partial charge in [0.1, 0.15) is 24.4 Å². The summed E-state index contributed by atoms with van der Waals surface area (Å²) >= 11 is 0. The molecule has 0 radical (unpaired) electrons. The molecule has 5 atom stereocenters. The van der Waals surface area contributed by atoms with Crippen LogP contribution in [0.5, 0.6) is 0 Å². The van der Waals surface area contributed by atoms with E-state index in [1.165, 1.54) is 7.11 Å². The summed E-state index contributed by atoms with van der Waals surface area (Å²) in [5.74, 6) is 0.